The van der Waals surface area contributed by atoms with Crippen LogP contribution in [0.3, 0.4) is 0 Å². The van der Waals surface area contributed by atoms with E-state index in [1.54, 1.807) is 0 Å². The SMILES string of the molecule is CC(C)(C)CC(C)(C)NC(=O)OPOC(=O)NC(C)(C)CC(C)(C)C. The Bertz CT molecular complexity index is 421. The van der Waals surface area contributed by atoms with Crippen LogP contribution in [0.25, 0.3) is 0 Å². The van der Waals surface area contributed by atoms with Crippen molar-refractivity contribution in [3.63, 3.8) is 0 Å². The van der Waals surface area contributed by atoms with E-state index in [0.29, 0.717) is 0 Å². The van der Waals surface area contributed by atoms with Crippen LogP contribution in [0.5, 0.6) is 0 Å². The van der Waals surface area contributed by atoms with E-state index in [2.05, 4.69) is 52.2 Å². The highest BCUT2D eigenvalue weighted by Gasteiger charge is 2.29. The lowest BCUT2D eigenvalue weighted by Gasteiger charge is -2.33. The van der Waals surface area contributed by atoms with Crippen LogP contribution in [0, 0.1) is 10.8 Å². The van der Waals surface area contributed by atoms with Gasteiger partial charge in [0, 0.05) is 11.1 Å². The summed E-state index contributed by atoms with van der Waals surface area (Å²) < 4.78 is 9.95. The van der Waals surface area contributed by atoms with Gasteiger partial charge in [0.25, 0.3) is 9.03 Å². The van der Waals surface area contributed by atoms with Gasteiger partial charge < -0.3 is 19.7 Å². The molecule has 0 aliphatic heterocycles. The van der Waals surface area contributed by atoms with E-state index in [9.17, 15) is 9.59 Å². The first-order valence-corrected chi connectivity index (χ1v) is 9.46. The van der Waals surface area contributed by atoms with Gasteiger partial charge in [-0.2, -0.15) is 0 Å². The average Bonchev–Trinajstić information content (AvgIpc) is 2.18. The lowest BCUT2D eigenvalue weighted by atomic mass is 9.82. The number of amides is 2. The molecule has 0 saturated heterocycles. The van der Waals surface area contributed by atoms with Gasteiger partial charge in [0.15, 0.2) is 0 Å². The highest BCUT2D eigenvalue weighted by atomic mass is 31.1. The van der Waals surface area contributed by atoms with Crippen LogP contribution in [0.2, 0.25) is 0 Å². The number of carbonyl (C=O) groups excluding carboxylic acids is 2. The Balaban J connectivity index is 4.26. The van der Waals surface area contributed by atoms with E-state index >= 15 is 0 Å². The Morgan fingerprint density at radius 1 is 0.680 bits per heavy atom. The standard InChI is InChI=1S/C18H37N2O4P/c1-15(2,3)11-17(7,8)19-13(21)23-25-24-14(22)20-18(9,10)12-16(4,5)6/h25H,11-12H2,1-10H3,(H,19,21)(H,20,22). The second-order valence-electron chi connectivity index (χ2n) is 10.4. The zero-order valence-corrected chi connectivity index (χ0v) is 18.5. The number of carbonyl (C=O) groups is 2. The molecule has 0 aromatic carbocycles. The molecule has 2 N–H and O–H groups in total. The molecule has 6 nitrogen and oxygen atoms in total. The van der Waals surface area contributed by atoms with Crippen molar-refractivity contribution in [2.24, 2.45) is 10.8 Å². The first kappa shape index (κ1) is 24.0. The van der Waals surface area contributed by atoms with E-state index in [0.717, 1.165) is 12.8 Å². The summed E-state index contributed by atoms with van der Waals surface area (Å²) >= 11 is 0. The molecule has 0 spiro atoms. The summed E-state index contributed by atoms with van der Waals surface area (Å²) in [5, 5.41) is 5.60. The van der Waals surface area contributed by atoms with Crippen LogP contribution in [-0.2, 0) is 9.05 Å². The number of hydrogen-bond acceptors (Lipinski definition) is 4. The van der Waals surface area contributed by atoms with Crippen LogP contribution in [0.15, 0.2) is 0 Å². The predicted octanol–water partition coefficient (Wildman–Crippen LogP) is 5.38. The van der Waals surface area contributed by atoms with Gasteiger partial charge in [-0.1, -0.05) is 41.5 Å². The second-order valence-corrected chi connectivity index (χ2v) is 10.9. The molecule has 0 bridgehead atoms. The summed E-state index contributed by atoms with van der Waals surface area (Å²) in [7, 11) is -0.683. The van der Waals surface area contributed by atoms with Gasteiger partial charge in [-0.25, -0.2) is 9.59 Å². The molecule has 0 aromatic rings. The molecule has 0 aliphatic carbocycles. The van der Waals surface area contributed by atoms with Crippen molar-refractivity contribution in [3.8, 4) is 0 Å². The third-order valence-electron chi connectivity index (χ3n) is 3.09. The first-order valence-electron chi connectivity index (χ1n) is 8.64. The van der Waals surface area contributed by atoms with Crippen molar-refractivity contribution in [1.82, 2.24) is 10.6 Å². The molecule has 2 amide bonds. The van der Waals surface area contributed by atoms with Crippen molar-refractivity contribution in [2.75, 3.05) is 0 Å². The predicted molar refractivity (Wildman–Crippen MR) is 104 cm³/mol. The summed E-state index contributed by atoms with van der Waals surface area (Å²) in [6, 6.07) is 0. The van der Waals surface area contributed by atoms with E-state index in [1.165, 1.54) is 0 Å². The number of hydrogen-bond donors (Lipinski definition) is 2. The fourth-order valence-corrected chi connectivity index (χ4v) is 3.74. The van der Waals surface area contributed by atoms with Gasteiger partial charge in [0.05, 0.1) is 0 Å². The second kappa shape index (κ2) is 8.57. The molecule has 0 aliphatic rings. The summed E-state index contributed by atoms with van der Waals surface area (Å²) in [5.74, 6) is 0. The van der Waals surface area contributed by atoms with E-state index in [1.807, 2.05) is 27.7 Å². The third kappa shape index (κ3) is 13.9. The minimum atomic E-state index is -0.683. The molecule has 148 valence electrons. The zero-order valence-electron chi connectivity index (χ0n) is 17.5. The van der Waals surface area contributed by atoms with Crippen molar-refractivity contribution < 1.29 is 18.6 Å². The summed E-state index contributed by atoms with van der Waals surface area (Å²) in [4.78, 5) is 23.7. The van der Waals surface area contributed by atoms with Crippen molar-refractivity contribution >= 4 is 21.2 Å². The van der Waals surface area contributed by atoms with Crippen LogP contribution in [0.1, 0.15) is 82.1 Å². The molecular formula is C18H37N2O4P. The highest BCUT2D eigenvalue weighted by molar-refractivity contribution is 7.27. The Morgan fingerprint density at radius 3 is 1.20 bits per heavy atom. The molecule has 0 unspecified atom stereocenters. The topological polar surface area (TPSA) is 76.7 Å². The fourth-order valence-electron chi connectivity index (χ4n) is 3.44. The van der Waals surface area contributed by atoms with E-state index in [4.69, 9.17) is 9.05 Å². The van der Waals surface area contributed by atoms with Gasteiger partial charge in [0.2, 0.25) is 0 Å². The number of nitrogens with one attached hydrogen (secondary N) is 2. The Hall–Kier alpha value is -1.03. The quantitative estimate of drug-likeness (QED) is 0.610. The lowest BCUT2D eigenvalue weighted by Crippen LogP contribution is -2.46. The average molecular weight is 376 g/mol. The maximum absolute atomic E-state index is 11.9. The molecule has 0 rings (SSSR count). The molecule has 0 radical (unpaired) electrons. The van der Waals surface area contributed by atoms with Gasteiger partial charge in [-0.3, -0.25) is 0 Å². The maximum atomic E-state index is 11.9. The lowest BCUT2D eigenvalue weighted by molar-refractivity contribution is 0.167. The minimum Gasteiger partial charge on any atom is -0.392 e. The monoisotopic (exact) mass is 376 g/mol. The van der Waals surface area contributed by atoms with Crippen molar-refractivity contribution in [2.45, 2.75) is 93.2 Å². The minimum absolute atomic E-state index is 0.0775. The smallest absolute Gasteiger partial charge is 0.392 e. The summed E-state index contributed by atoms with van der Waals surface area (Å²) in [6.07, 6.45) is 0.407. The van der Waals surface area contributed by atoms with Crippen LogP contribution in [-0.4, -0.2) is 23.3 Å². The molecule has 7 heteroatoms. The first-order chi connectivity index (χ1) is 10.9. The van der Waals surface area contributed by atoms with Crippen LogP contribution >= 0.6 is 9.03 Å². The Labute approximate surface area is 155 Å². The van der Waals surface area contributed by atoms with Crippen LogP contribution in [0.4, 0.5) is 9.59 Å². The van der Waals surface area contributed by atoms with Crippen molar-refractivity contribution in [3.05, 3.63) is 0 Å². The van der Waals surface area contributed by atoms with Gasteiger partial charge in [-0.05, 0) is 51.4 Å². The number of rotatable bonds is 6. The summed E-state index contributed by atoms with van der Waals surface area (Å²) in [6.45, 7) is 20.4. The largest absolute Gasteiger partial charge is 0.412 e. The van der Waals surface area contributed by atoms with Gasteiger partial charge in [0.1, 0.15) is 0 Å². The molecule has 25 heavy (non-hydrogen) atoms. The molecular weight excluding hydrogens is 339 g/mol. The Morgan fingerprint density at radius 2 is 0.960 bits per heavy atom. The molecule has 0 heterocycles. The van der Waals surface area contributed by atoms with E-state index < -0.39 is 32.3 Å². The van der Waals surface area contributed by atoms with Gasteiger partial charge in [-0.15, -0.1) is 0 Å². The molecule has 0 fully saturated rings. The molecule has 0 aromatic heterocycles. The van der Waals surface area contributed by atoms with Crippen LogP contribution < -0.4 is 10.6 Å². The molecule has 0 saturated carbocycles. The van der Waals surface area contributed by atoms with Crippen molar-refractivity contribution in [1.29, 1.82) is 0 Å². The van der Waals surface area contributed by atoms with Gasteiger partial charge >= 0.3 is 12.2 Å². The fraction of sp³-hybridized carbons (Fsp3) is 0.889. The zero-order chi connectivity index (χ0) is 20.1. The third-order valence-corrected chi connectivity index (χ3v) is 3.63. The summed E-state index contributed by atoms with van der Waals surface area (Å²) in [5.41, 5.74) is -0.657. The maximum Gasteiger partial charge on any atom is 0.412 e. The normalized spacial score (nSPS) is 13.2. The highest BCUT2D eigenvalue weighted by Crippen LogP contribution is 2.28. The van der Waals surface area contributed by atoms with E-state index in [-0.39, 0.29) is 10.8 Å². The Kier molecular flexibility index (Phi) is 8.22. The molecule has 0 atom stereocenters.